The van der Waals surface area contributed by atoms with Gasteiger partial charge in [0, 0.05) is 4.47 Å². The minimum absolute atomic E-state index is 0.552. The number of hydrogen-bond acceptors (Lipinski definition) is 1. The van der Waals surface area contributed by atoms with Crippen molar-refractivity contribution in [3.63, 3.8) is 0 Å². The number of aryl methyl sites for hydroxylation is 2. The quantitative estimate of drug-likeness (QED) is 0.881. The molecule has 1 unspecified atom stereocenters. The van der Waals surface area contributed by atoms with E-state index >= 15 is 0 Å². The Morgan fingerprint density at radius 3 is 2.00 bits per heavy atom. The van der Waals surface area contributed by atoms with Crippen LogP contribution in [0, 0.1) is 13.8 Å². The molecule has 0 bridgehead atoms. The van der Waals surface area contributed by atoms with Crippen molar-refractivity contribution in [1.82, 2.24) is 0 Å². The molecular weight excluding hydrogens is 276 g/mol. The smallest absolute Gasteiger partial charge is 0.105 e. The molecule has 2 aromatic carbocycles. The van der Waals surface area contributed by atoms with Crippen molar-refractivity contribution in [1.29, 1.82) is 0 Å². The van der Waals surface area contributed by atoms with Gasteiger partial charge in [0.25, 0.3) is 0 Å². The number of hydrogen-bond donors (Lipinski definition) is 1. The van der Waals surface area contributed by atoms with E-state index in [4.69, 9.17) is 0 Å². The molecular formula is C15H15BrO. The average Bonchev–Trinajstić information content (AvgIpc) is 2.29. The zero-order valence-corrected chi connectivity index (χ0v) is 11.5. The highest BCUT2D eigenvalue weighted by molar-refractivity contribution is 9.10. The van der Waals surface area contributed by atoms with Crippen molar-refractivity contribution in [2.24, 2.45) is 0 Å². The van der Waals surface area contributed by atoms with E-state index in [-0.39, 0.29) is 0 Å². The first-order valence-corrected chi connectivity index (χ1v) is 6.38. The predicted molar refractivity (Wildman–Crippen MR) is 74.1 cm³/mol. The Labute approximate surface area is 110 Å². The number of aliphatic hydroxyl groups excluding tert-OH is 1. The van der Waals surface area contributed by atoms with Crippen molar-refractivity contribution in [3.05, 3.63) is 69.2 Å². The second kappa shape index (κ2) is 5.03. The lowest BCUT2D eigenvalue weighted by molar-refractivity contribution is 0.219. The van der Waals surface area contributed by atoms with Gasteiger partial charge in [0.1, 0.15) is 6.10 Å². The molecule has 0 aromatic heterocycles. The Morgan fingerprint density at radius 1 is 0.941 bits per heavy atom. The molecule has 0 fully saturated rings. The molecule has 2 aromatic rings. The summed E-state index contributed by atoms with van der Waals surface area (Å²) in [7, 11) is 0. The van der Waals surface area contributed by atoms with Crippen molar-refractivity contribution < 1.29 is 5.11 Å². The predicted octanol–water partition coefficient (Wildman–Crippen LogP) is 4.15. The normalized spacial score (nSPS) is 12.5. The number of rotatable bonds is 2. The summed E-state index contributed by atoms with van der Waals surface area (Å²) in [5.74, 6) is 0. The van der Waals surface area contributed by atoms with Crippen molar-refractivity contribution >= 4 is 15.9 Å². The van der Waals surface area contributed by atoms with E-state index in [9.17, 15) is 5.11 Å². The molecule has 0 amide bonds. The van der Waals surface area contributed by atoms with Crippen LogP contribution in [0.4, 0.5) is 0 Å². The minimum atomic E-state index is -0.552. The molecule has 0 heterocycles. The molecule has 0 radical (unpaired) electrons. The fourth-order valence-corrected chi connectivity index (χ4v) is 2.33. The van der Waals surface area contributed by atoms with Gasteiger partial charge >= 0.3 is 0 Å². The van der Waals surface area contributed by atoms with Crippen molar-refractivity contribution in [2.45, 2.75) is 20.0 Å². The number of halogens is 1. The Hall–Kier alpha value is -1.12. The molecule has 2 rings (SSSR count). The second-order valence-electron chi connectivity index (χ2n) is 4.26. The largest absolute Gasteiger partial charge is 0.384 e. The summed E-state index contributed by atoms with van der Waals surface area (Å²) in [6.45, 7) is 4.06. The van der Waals surface area contributed by atoms with E-state index < -0.39 is 6.10 Å². The van der Waals surface area contributed by atoms with Gasteiger partial charge in [0.15, 0.2) is 0 Å². The van der Waals surface area contributed by atoms with Crippen LogP contribution >= 0.6 is 15.9 Å². The van der Waals surface area contributed by atoms with Crippen molar-refractivity contribution in [2.75, 3.05) is 0 Å². The average molecular weight is 291 g/mol. The van der Waals surface area contributed by atoms with Gasteiger partial charge in [0.2, 0.25) is 0 Å². The van der Waals surface area contributed by atoms with E-state index in [2.05, 4.69) is 15.9 Å². The molecule has 0 saturated carbocycles. The Bertz CT molecular complexity index is 497. The SMILES string of the molecule is Cc1cccc(C)c1C(O)c1ccc(Br)cc1. The Morgan fingerprint density at radius 2 is 1.47 bits per heavy atom. The first-order valence-electron chi connectivity index (χ1n) is 5.59. The monoisotopic (exact) mass is 290 g/mol. The van der Waals surface area contributed by atoms with Crippen LogP contribution in [0.15, 0.2) is 46.9 Å². The lowest BCUT2D eigenvalue weighted by atomic mass is 9.94. The zero-order valence-electron chi connectivity index (χ0n) is 9.94. The second-order valence-corrected chi connectivity index (χ2v) is 5.18. The summed E-state index contributed by atoms with van der Waals surface area (Å²) < 4.78 is 1.02. The minimum Gasteiger partial charge on any atom is -0.384 e. The van der Waals surface area contributed by atoms with Gasteiger partial charge in [-0.2, -0.15) is 0 Å². The highest BCUT2D eigenvalue weighted by Gasteiger charge is 2.14. The highest BCUT2D eigenvalue weighted by atomic mass is 79.9. The molecule has 0 aliphatic carbocycles. The molecule has 0 saturated heterocycles. The van der Waals surface area contributed by atoms with Gasteiger partial charge in [-0.25, -0.2) is 0 Å². The Kier molecular flexibility index (Phi) is 3.65. The molecule has 17 heavy (non-hydrogen) atoms. The topological polar surface area (TPSA) is 20.2 Å². The third kappa shape index (κ3) is 2.59. The zero-order chi connectivity index (χ0) is 12.4. The summed E-state index contributed by atoms with van der Waals surface area (Å²) in [6, 6.07) is 13.9. The molecule has 0 aliphatic rings. The molecule has 1 nitrogen and oxygen atoms in total. The molecule has 88 valence electrons. The van der Waals surface area contributed by atoms with Crippen LogP contribution < -0.4 is 0 Å². The first kappa shape index (κ1) is 12.3. The lowest BCUT2D eigenvalue weighted by Gasteiger charge is -2.17. The summed E-state index contributed by atoms with van der Waals surface area (Å²) in [5.41, 5.74) is 4.18. The van der Waals surface area contributed by atoms with Gasteiger partial charge in [-0.1, -0.05) is 46.3 Å². The fraction of sp³-hybridized carbons (Fsp3) is 0.200. The summed E-state index contributed by atoms with van der Waals surface area (Å²) in [6.07, 6.45) is -0.552. The Balaban J connectivity index is 2.43. The fourth-order valence-electron chi connectivity index (χ4n) is 2.07. The third-order valence-corrected chi connectivity index (χ3v) is 3.53. The summed E-state index contributed by atoms with van der Waals surface area (Å²) in [4.78, 5) is 0. The van der Waals surface area contributed by atoms with Crippen LogP contribution in [0.25, 0.3) is 0 Å². The van der Waals surface area contributed by atoms with Crippen molar-refractivity contribution in [3.8, 4) is 0 Å². The van der Waals surface area contributed by atoms with Crippen LogP contribution in [0.3, 0.4) is 0 Å². The van der Waals surface area contributed by atoms with Crippen LogP contribution in [0.5, 0.6) is 0 Å². The number of benzene rings is 2. The van der Waals surface area contributed by atoms with Gasteiger partial charge in [-0.15, -0.1) is 0 Å². The highest BCUT2D eigenvalue weighted by Crippen LogP contribution is 2.28. The number of aliphatic hydroxyl groups is 1. The third-order valence-electron chi connectivity index (χ3n) is 3.00. The van der Waals surface area contributed by atoms with E-state index in [0.717, 1.165) is 26.7 Å². The van der Waals surface area contributed by atoms with Gasteiger partial charge in [-0.05, 0) is 48.2 Å². The standard InChI is InChI=1S/C15H15BrO/c1-10-4-3-5-11(2)14(10)15(17)12-6-8-13(16)9-7-12/h3-9,15,17H,1-2H3. The molecule has 1 N–H and O–H groups in total. The molecule has 1 atom stereocenters. The van der Waals surface area contributed by atoms with Gasteiger partial charge in [-0.3, -0.25) is 0 Å². The molecule has 0 spiro atoms. The van der Waals surface area contributed by atoms with Crippen LogP contribution in [-0.2, 0) is 0 Å². The lowest BCUT2D eigenvalue weighted by Crippen LogP contribution is -2.04. The maximum atomic E-state index is 10.4. The summed E-state index contributed by atoms with van der Waals surface area (Å²) >= 11 is 3.40. The van der Waals surface area contributed by atoms with E-state index in [1.54, 1.807) is 0 Å². The van der Waals surface area contributed by atoms with E-state index in [1.165, 1.54) is 0 Å². The van der Waals surface area contributed by atoms with Gasteiger partial charge in [0.05, 0.1) is 0 Å². The van der Waals surface area contributed by atoms with Crippen LogP contribution in [0.2, 0.25) is 0 Å². The maximum Gasteiger partial charge on any atom is 0.105 e. The summed E-state index contributed by atoms with van der Waals surface area (Å²) in [5, 5.41) is 10.4. The van der Waals surface area contributed by atoms with Crippen LogP contribution in [-0.4, -0.2) is 5.11 Å². The van der Waals surface area contributed by atoms with E-state index in [0.29, 0.717) is 0 Å². The molecule has 0 aliphatic heterocycles. The molecule has 2 heteroatoms. The van der Waals surface area contributed by atoms with E-state index in [1.807, 2.05) is 56.3 Å². The van der Waals surface area contributed by atoms with Crippen LogP contribution in [0.1, 0.15) is 28.4 Å². The van der Waals surface area contributed by atoms with Gasteiger partial charge < -0.3 is 5.11 Å². The first-order chi connectivity index (χ1) is 8.09. The maximum absolute atomic E-state index is 10.4.